The molecule has 2 aromatic rings. The minimum Gasteiger partial charge on any atom is -0.496 e. The van der Waals surface area contributed by atoms with E-state index in [9.17, 15) is 0 Å². The van der Waals surface area contributed by atoms with E-state index >= 15 is 0 Å². The molecule has 0 spiro atoms. The number of rotatable bonds is 4. The van der Waals surface area contributed by atoms with E-state index in [0.29, 0.717) is 0 Å². The Hall–Kier alpha value is -1.10. The summed E-state index contributed by atoms with van der Waals surface area (Å²) in [6, 6.07) is 3.85. The molecular formula is C13H15ClN2OS. The van der Waals surface area contributed by atoms with Gasteiger partial charge in [0.05, 0.1) is 12.8 Å². The number of benzene rings is 1. The van der Waals surface area contributed by atoms with E-state index in [1.54, 1.807) is 18.4 Å². The maximum atomic E-state index is 6.17. The van der Waals surface area contributed by atoms with Crippen LogP contribution < -0.4 is 10.1 Å². The third-order valence-electron chi connectivity index (χ3n) is 2.64. The summed E-state index contributed by atoms with van der Waals surface area (Å²) in [7, 11) is 3.57. The standard InChI is InChI=1S/C13H15ClN2OS/c1-8-4-12(17-3)9(5-10(8)14)11-7-18-13(16-11)6-15-2/h4-5,7,15H,6H2,1-3H3. The third kappa shape index (κ3) is 2.66. The van der Waals surface area contributed by atoms with E-state index < -0.39 is 0 Å². The molecule has 5 heteroatoms. The first-order valence-corrected chi connectivity index (χ1v) is 6.85. The highest BCUT2D eigenvalue weighted by Gasteiger charge is 2.12. The topological polar surface area (TPSA) is 34.2 Å². The van der Waals surface area contributed by atoms with Crippen LogP contribution in [-0.4, -0.2) is 19.1 Å². The number of methoxy groups -OCH3 is 1. The molecule has 0 aliphatic heterocycles. The second-order valence-corrected chi connectivity index (χ2v) is 5.31. The van der Waals surface area contributed by atoms with Crippen molar-refractivity contribution in [2.24, 2.45) is 0 Å². The summed E-state index contributed by atoms with van der Waals surface area (Å²) in [6.45, 7) is 2.73. The monoisotopic (exact) mass is 282 g/mol. The lowest BCUT2D eigenvalue weighted by atomic mass is 10.1. The molecule has 1 N–H and O–H groups in total. The van der Waals surface area contributed by atoms with Gasteiger partial charge in [-0.2, -0.15) is 0 Å². The maximum Gasteiger partial charge on any atom is 0.128 e. The Morgan fingerprint density at radius 1 is 1.44 bits per heavy atom. The highest BCUT2D eigenvalue weighted by molar-refractivity contribution is 7.09. The third-order valence-corrected chi connectivity index (χ3v) is 3.89. The Kier molecular flexibility index (Phi) is 4.22. The van der Waals surface area contributed by atoms with Gasteiger partial charge in [0.1, 0.15) is 10.8 Å². The van der Waals surface area contributed by atoms with Crippen LogP contribution in [0.5, 0.6) is 5.75 Å². The Labute approximate surface area is 116 Å². The predicted octanol–water partition coefficient (Wildman–Crippen LogP) is 3.50. The number of thiazole rings is 1. The van der Waals surface area contributed by atoms with E-state index in [4.69, 9.17) is 16.3 Å². The fourth-order valence-corrected chi connectivity index (χ4v) is 2.66. The van der Waals surface area contributed by atoms with E-state index in [2.05, 4.69) is 10.3 Å². The average molecular weight is 283 g/mol. The first-order chi connectivity index (χ1) is 8.65. The minimum atomic E-state index is 0.731. The lowest BCUT2D eigenvalue weighted by Crippen LogP contribution is -2.04. The molecule has 0 bridgehead atoms. The Balaban J connectivity index is 2.45. The van der Waals surface area contributed by atoms with Crippen LogP contribution in [0.1, 0.15) is 10.6 Å². The molecule has 0 radical (unpaired) electrons. The molecule has 1 heterocycles. The van der Waals surface area contributed by atoms with Gasteiger partial charge in [-0.1, -0.05) is 11.6 Å². The molecule has 0 unspecified atom stereocenters. The molecular weight excluding hydrogens is 268 g/mol. The Morgan fingerprint density at radius 2 is 2.22 bits per heavy atom. The molecule has 96 valence electrons. The highest BCUT2D eigenvalue weighted by atomic mass is 35.5. The molecule has 0 saturated carbocycles. The van der Waals surface area contributed by atoms with Crippen LogP contribution in [0.3, 0.4) is 0 Å². The van der Waals surface area contributed by atoms with Gasteiger partial charge in [-0.15, -0.1) is 11.3 Å². The fraction of sp³-hybridized carbons (Fsp3) is 0.308. The minimum absolute atomic E-state index is 0.731. The number of halogens is 1. The summed E-state index contributed by atoms with van der Waals surface area (Å²) < 4.78 is 5.40. The van der Waals surface area contributed by atoms with Crippen molar-refractivity contribution in [1.29, 1.82) is 0 Å². The van der Waals surface area contributed by atoms with Crippen molar-refractivity contribution in [1.82, 2.24) is 10.3 Å². The van der Waals surface area contributed by atoms with E-state index in [1.165, 1.54) is 0 Å². The van der Waals surface area contributed by atoms with Crippen LogP contribution in [0.2, 0.25) is 5.02 Å². The van der Waals surface area contributed by atoms with Crippen LogP contribution in [0, 0.1) is 6.92 Å². The molecule has 1 aromatic heterocycles. The van der Waals surface area contributed by atoms with E-state index in [0.717, 1.165) is 39.1 Å². The van der Waals surface area contributed by atoms with Gasteiger partial charge in [0.25, 0.3) is 0 Å². The lowest BCUT2D eigenvalue weighted by Gasteiger charge is -2.09. The van der Waals surface area contributed by atoms with Crippen LogP contribution in [-0.2, 0) is 6.54 Å². The van der Waals surface area contributed by atoms with Gasteiger partial charge in [0.2, 0.25) is 0 Å². The number of hydrogen-bond acceptors (Lipinski definition) is 4. The predicted molar refractivity (Wildman–Crippen MR) is 76.6 cm³/mol. The second kappa shape index (κ2) is 5.69. The molecule has 18 heavy (non-hydrogen) atoms. The Bertz CT molecular complexity index is 554. The normalized spacial score (nSPS) is 10.7. The first-order valence-electron chi connectivity index (χ1n) is 5.59. The van der Waals surface area contributed by atoms with Crippen molar-refractivity contribution in [3.63, 3.8) is 0 Å². The van der Waals surface area contributed by atoms with Gasteiger partial charge in [0, 0.05) is 22.5 Å². The summed E-state index contributed by atoms with van der Waals surface area (Å²) >= 11 is 7.79. The number of aryl methyl sites for hydroxylation is 1. The van der Waals surface area contributed by atoms with E-state index in [1.807, 2.05) is 31.5 Å². The number of nitrogens with zero attached hydrogens (tertiary/aromatic N) is 1. The fourth-order valence-electron chi connectivity index (χ4n) is 1.69. The van der Waals surface area contributed by atoms with Crippen molar-refractivity contribution in [2.75, 3.05) is 14.2 Å². The summed E-state index contributed by atoms with van der Waals surface area (Å²) in [6.07, 6.45) is 0. The SMILES string of the molecule is CNCc1nc(-c2cc(Cl)c(C)cc2OC)cs1. The molecule has 0 saturated heterocycles. The van der Waals surface area contributed by atoms with Crippen LogP contribution in [0.25, 0.3) is 11.3 Å². The molecule has 0 aliphatic rings. The van der Waals surface area contributed by atoms with Gasteiger partial charge >= 0.3 is 0 Å². The van der Waals surface area contributed by atoms with Crippen LogP contribution in [0.15, 0.2) is 17.5 Å². The van der Waals surface area contributed by atoms with Crippen molar-refractivity contribution < 1.29 is 4.74 Å². The lowest BCUT2D eigenvalue weighted by molar-refractivity contribution is 0.416. The average Bonchev–Trinajstić information content (AvgIpc) is 2.81. The quantitative estimate of drug-likeness (QED) is 0.932. The highest BCUT2D eigenvalue weighted by Crippen LogP contribution is 2.35. The van der Waals surface area contributed by atoms with Gasteiger partial charge in [-0.25, -0.2) is 4.98 Å². The van der Waals surface area contributed by atoms with Crippen LogP contribution >= 0.6 is 22.9 Å². The molecule has 3 nitrogen and oxygen atoms in total. The zero-order valence-corrected chi connectivity index (χ0v) is 12.2. The number of nitrogens with one attached hydrogen (secondary N) is 1. The van der Waals surface area contributed by atoms with Gasteiger partial charge in [-0.05, 0) is 31.7 Å². The molecule has 0 aliphatic carbocycles. The summed E-state index contributed by atoms with van der Waals surface area (Å²) in [5.41, 5.74) is 2.85. The van der Waals surface area contributed by atoms with Crippen molar-refractivity contribution in [3.8, 4) is 17.0 Å². The van der Waals surface area contributed by atoms with Crippen molar-refractivity contribution in [2.45, 2.75) is 13.5 Å². The smallest absolute Gasteiger partial charge is 0.128 e. The van der Waals surface area contributed by atoms with Gasteiger partial charge in [0.15, 0.2) is 0 Å². The van der Waals surface area contributed by atoms with Gasteiger partial charge in [-0.3, -0.25) is 0 Å². The zero-order valence-electron chi connectivity index (χ0n) is 10.6. The summed E-state index contributed by atoms with van der Waals surface area (Å²) in [5, 5.41) is 6.89. The largest absolute Gasteiger partial charge is 0.496 e. The van der Waals surface area contributed by atoms with Gasteiger partial charge < -0.3 is 10.1 Å². The summed E-state index contributed by atoms with van der Waals surface area (Å²) in [5.74, 6) is 0.804. The number of aromatic nitrogens is 1. The zero-order chi connectivity index (χ0) is 13.1. The molecule has 0 atom stereocenters. The summed E-state index contributed by atoms with van der Waals surface area (Å²) in [4.78, 5) is 4.57. The molecule has 0 amide bonds. The Morgan fingerprint density at radius 3 is 2.89 bits per heavy atom. The van der Waals surface area contributed by atoms with Crippen LogP contribution in [0.4, 0.5) is 0 Å². The molecule has 0 fully saturated rings. The molecule has 1 aromatic carbocycles. The number of hydrogen-bond donors (Lipinski definition) is 1. The van der Waals surface area contributed by atoms with Crippen molar-refractivity contribution in [3.05, 3.63) is 33.1 Å². The second-order valence-electron chi connectivity index (χ2n) is 3.96. The van der Waals surface area contributed by atoms with Crippen molar-refractivity contribution >= 4 is 22.9 Å². The molecule has 2 rings (SSSR count). The maximum absolute atomic E-state index is 6.17. The number of ether oxygens (including phenoxy) is 1. The first kappa shape index (κ1) is 13.3. The van der Waals surface area contributed by atoms with E-state index in [-0.39, 0.29) is 0 Å².